The van der Waals surface area contributed by atoms with Crippen LogP contribution in [0.3, 0.4) is 0 Å². The van der Waals surface area contributed by atoms with E-state index in [0.717, 1.165) is 18.8 Å². The molecule has 1 aliphatic carbocycles. The number of rotatable bonds is 2. The number of pyridine rings is 1. The third-order valence-electron chi connectivity index (χ3n) is 3.79. The highest BCUT2D eigenvalue weighted by atomic mass is 35.5. The van der Waals surface area contributed by atoms with Crippen molar-refractivity contribution in [3.8, 4) is 0 Å². The van der Waals surface area contributed by atoms with Crippen LogP contribution in [0.25, 0.3) is 0 Å². The standard InChI is InChI=1S/C14H19ClN2O/c1-10-3-5-12(6-4-10)17(2)14(18)13-9-11(15)7-8-16-13/h7-10,12H,3-6H2,1-2H3. The summed E-state index contributed by atoms with van der Waals surface area (Å²) in [5, 5.41) is 0.555. The topological polar surface area (TPSA) is 33.2 Å². The molecule has 3 nitrogen and oxygen atoms in total. The van der Waals surface area contributed by atoms with Gasteiger partial charge in [-0.05, 0) is 43.7 Å². The Morgan fingerprint density at radius 1 is 1.39 bits per heavy atom. The smallest absolute Gasteiger partial charge is 0.272 e. The third kappa shape index (κ3) is 3.02. The Hall–Kier alpha value is -1.09. The Balaban J connectivity index is 2.04. The van der Waals surface area contributed by atoms with E-state index < -0.39 is 0 Å². The Morgan fingerprint density at radius 3 is 2.67 bits per heavy atom. The average molecular weight is 267 g/mol. The molecule has 0 spiro atoms. The molecule has 0 radical (unpaired) electrons. The molecule has 1 fully saturated rings. The largest absolute Gasteiger partial charge is 0.337 e. The number of carbonyl (C=O) groups excluding carboxylic acids is 1. The van der Waals surface area contributed by atoms with E-state index in [-0.39, 0.29) is 5.91 Å². The maximum absolute atomic E-state index is 12.3. The van der Waals surface area contributed by atoms with Crippen molar-refractivity contribution in [2.75, 3.05) is 7.05 Å². The van der Waals surface area contributed by atoms with E-state index in [0.29, 0.717) is 16.8 Å². The Bertz CT molecular complexity index is 428. The summed E-state index contributed by atoms with van der Waals surface area (Å²) in [6.07, 6.45) is 6.15. The van der Waals surface area contributed by atoms with Crippen LogP contribution < -0.4 is 0 Å². The Kier molecular flexibility index (Phi) is 4.23. The maximum atomic E-state index is 12.3. The molecule has 98 valence electrons. The van der Waals surface area contributed by atoms with Gasteiger partial charge in [0.2, 0.25) is 0 Å². The zero-order valence-electron chi connectivity index (χ0n) is 10.9. The summed E-state index contributed by atoms with van der Waals surface area (Å²) in [5.74, 6) is 0.756. The Morgan fingerprint density at radius 2 is 2.06 bits per heavy atom. The first-order valence-electron chi connectivity index (χ1n) is 6.46. The van der Waals surface area contributed by atoms with Crippen molar-refractivity contribution in [1.29, 1.82) is 0 Å². The first-order chi connectivity index (χ1) is 8.58. The molecule has 1 saturated carbocycles. The SMILES string of the molecule is CC1CCC(N(C)C(=O)c2cc(Cl)ccn2)CC1. The summed E-state index contributed by atoms with van der Waals surface area (Å²) < 4.78 is 0. The molecule has 0 aliphatic heterocycles. The summed E-state index contributed by atoms with van der Waals surface area (Å²) in [5.41, 5.74) is 0.434. The molecule has 18 heavy (non-hydrogen) atoms. The van der Waals surface area contributed by atoms with Gasteiger partial charge in [-0.25, -0.2) is 0 Å². The van der Waals surface area contributed by atoms with Crippen LogP contribution in [0.5, 0.6) is 0 Å². The van der Waals surface area contributed by atoms with Crippen LogP contribution in [0, 0.1) is 5.92 Å². The van der Waals surface area contributed by atoms with Crippen LogP contribution in [0.4, 0.5) is 0 Å². The van der Waals surface area contributed by atoms with Gasteiger partial charge >= 0.3 is 0 Å². The lowest BCUT2D eigenvalue weighted by Crippen LogP contribution is -2.39. The van der Waals surface area contributed by atoms with E-state index in [1.165, 1.54) is 12.8 Å². The number of halogens is 1. The van der Waals surface area contributed by atoms with Crippen molar-refractivity contribution in [3.63, 3.8) is 0 Å². The molecule has 0 aromatic carbocycles. The minimum absolute atomic E-state index is 0.0305. The van der Waals surface area contributed by atoms with Gasteiger partial charge in [-0.15, -0.1) is 0 Å². The summed E-state index contributed by atoms with van der Waals surface area (Å²) in [4.78, 5) is 18.2. The molecule has 0 bridgehead atoms. The van der Waals surface area contributed by atoms with Gasteiger partial charge in [-0.1, -0.05) is 18.5 Å². The van der Waals surface area contributed by atoms with Crippen LogP contribution in [0.1, 0.15) is 43.1 Å². The molecule has 0 atom stereocenters. The molecule has 0 unspecified atom stereocenters. The lowest BCUT2D eigenvalue weighted by molar-refractivity contribution is 0.0673. The fourth-order valence-corrected chi connectivity index (χ4v) is 2.66. The predicted molar refractivity (Wildman–Crippen MR) is 72.8 cm³/mol. The fourth-order valence-electron chi connectivity index (χ4n) is 2.50. The van der Waals surface area contributed by atoms with Gasteiger partial charge in [0.05, 0.1) is 0 Å². The first-order valence-corrected chi connectivity index (χ1v) is 6.84. The number of aromatic nitrogens is 1. The first kappa shape index (κ1) is 13.3. The molecule has 1 aromatic rings. The van der Waals surface area contributed by atoms with Gasteiger partial charge in [0.25, 0.3) is 5.91 Å². The zero-order valence-corrected chi connectivity index (χ0v) is 11.7. The molecule has 1 heterocycles. The van der Waals surface area contributed by atoms with Crippen molar-refractivity contribution in [2.24, 2.45) is 5.92 Å². The van der Waals surface area contributed by atoms with Crippen molar-refractivity contribution >= 4 is 17.5 Å². The van der Waals surface area contributed by atoms with Gasteiger partial charge < -0.3 is 4.90 Å². The minimum Gasteiger partial charge on any atom is -0.337 e. The monoisotopic (exact) mass is 266 g/mol. The molecule has 1 aliphatic rings. The minimum atomic E-state index is -0.0305. The molecular weight excluding hydrogens is 248 g/mol. The normalized spacial score (nSPS) is 23.7. The molecule has 1 aromatic heterocycles. The lowest BCUT2D eigenvalue weighted by Gasteiger charge is -2.33. The van der Waals surface area contributed by atoms with E-state index in [9.17, 15) is 4.79 Å². The second-order valence-corrected chi connectivity index (χ2v) is 5.63. The zero-order chi connectivity index (χ0) is 13.1. The van der Waals surface area contributed by atoms with Crippen molar-refractivity contribution < 1.29 is 4.79 Å². The summed E-state index contributed by atoms with van der Waals surface area (Å²) in [6.45, 7) is 2.27. The van der Waals surface area contributed by atoms with Crippen LogP contribution in [0.15, 0.2) is 18.3 Å². The van der Waals surface area contributed by atoms with Gasteiger partial charge in [-0.3, -0.25) is 9.78 Å². The van der Waals surface area contributed by atoms with E-state index in [1.54, 1.807) is 18.3 Å². The molecule has 4 heteroatoms. The van der Waals surface area contributed by atoms with Gasteiger partial charge in [0.1, 0.15) is 5.69 Å². The van der Waals surface area contributed by atoms with Crippen molar-refractivity contribution in [2.45, 2.75) is 38.6 Å². The third-order valence-corrected chi connectivity index (χ3v) is 4.03. The van der Waals surface area contributed by atoms with E-state index >= 15 is 0 Å². The molecule has 0 saturated heterocycles. The van der Waals surface area contributed by atoms with E-state index in [1.807, 2.05) is 11.9 Å². The second kappa shape index (κ2) is 5.70. The second-order valence-electron chi connectivity index (χ2n) is 5.19. The summed E-state index contributed by atoms with van der Waals surface area (Å²) in [6, 6.07) is 3.65. The van der Waals surface area contributed by atoms with Crippen LogP contribution in [0.2, 0.25) is 5.02 Å². The molecule has 2 rings (SSSR count). The highest BCUT2D eigenvalue weighted by molar-refractivity contribution is 6.30. The van der Waals surface area contributed by atoms with Gasteiger partial charge in [0, 0.05) is 24.3 Å². The quantitative estimate of drug-likeness (QED) is 0.822. The number of amides is 1. The average Bonchev–Trinajstić information content (AvgIpc) is 2.38. The number of hydrogen-bond donors (Lipinski definition) is 0. The van der Waals surface area contributed by atoms with Gasteiger partial charge in [-0.2, -0.15) is 0 Å². The van der Waals surface area contributed by atoms with E-state index in [4.69, 9.17) is 11.6 Å². The number of hydrogen-bond acceptors (Lipinski definition) is 2. The summed E-state index contributed by atoms with van der Waals surface area (Å²) in [7, 11) is 1.87. The predicted octanol–water partition coefficient (Wildman–Crippen LogP) is 3.39. The summed E-state index contributed by atoms with van der Waals surface area (Å²) >= 11 is 5.89. The lowest BCUT2D eigenvalue weighted by atomic mass is 9.86. The molecule has 1 amide bonds. The fraction of sp³-hybridized carbons (Fsp3) is 0.571. The van der Waals surface area contributed by atoms with Gasteiger partial charge in [0.15, 0.2) is 0 Å². The number of nitrogens with zero attached hydrogens (tertiary/aromatic N) is 2. The van der Waals surface area contributed by atoms with Crippen LogP contribution in [-0.2, 0) is 0 Å². The van der Waals surface area contributed by atoms with Crippen LogP contribution >= 0.6 is 11.6 Å². The Labute approximate surface area is 113 Å². The molecular formula is C14H19ClN2O. The van der Waals surface area contributed by atoms with E-state index in [2.05, 4.69) is 11.9 Å². The maximum Gasteiger partial charge on any atom is 0.272 e. The number of carbonyl (C=O) groups is 1. The molecule has 0 N–H and O–H groups in total. The highest BCUT2D eigenvalue weighted by Gasteiger charge is 2.25. The van der Waals surface area contributed by atoms with Crippen LogP contribution in [-0.4, -0.2) is 28.9 Å². The highest BCUT2D eigenvalue weighted by Crippen LogP contribution is 2.27. The van der Waals surface area contributed by atoms with Crippen molar-refractivity contribution in [1.82, 2.24) is 9.88 Å². The van der Waals surface area contributed by atoms with Crippen molar-refractivity contribution in [3.05, 3.63) is 29.0 Å².